The Morgan fingerprint density at radius 2 is 1.93 bits per heavy atom. The van der Waals surface area contributed by atoms with Gasteiger partial charge in [-0.15, -0.1) is 10.2 Å². The van der Waals surface area contributed by atoms with Crippen molar-refractivity contribution in [3.63, 3.8) is 0 Å². The van der Waals surface area contributed by atoms with Crippen LogP contribution >= 0.6 is 0 Å². The third kappa shape index (κ3) is 4.16. The maximum atomic E-state index is 12.6. The number of hydrogen-bond donors (Lipinski definition) is 1. The number of carbonyl (C=O) groups excluding carboxylic acids is 1. The number of amides is 1. The SMILES string of the molecule is COc1cc(C)c(CNC(=O)c2cccc(-n3cnnc3)c2)cc1C(C)C. The van der Waals surface area contributed by atoms with Gasteiger partial charge in [0, 0.05) is 17.8 Å². The Kier molecular flexibility index (Phi) is 5.54. The van der Waals surface area contributed by atoms with Crippen molar-refractivity contribution in [2.45, 2.75) is 33.2 Å². The van der Waals surface area contributed by atoms with Gasteiger partial charge in [-0.2, -0.15) is 0 Å². The van der Waals surface area contributed by atoms with E-state index in [4.69, 9.17) is 4.74 Å². The van der Waals surface area contributed by atoms with Crippen LogP contribution in [0.5, 0.6) is 5.75 Å². The summed E-state index contributed by atoms with van der Waals surface area (Å²) < 4.78 is 7.25. The molecule has 0 saturated carbocycles. The number of nitrogens with one attached hydrogen (secondary N) is 1. The van der Waals surface area contributed by atoms with Gasteiger partial charge < -0.3 is 10.1 Å². The van der Waals surface area contributed by atoms with Crippen LogP contribution < -0.4 is 10.1 Å². The van der Waals surface area contributed by atoms with Gasteiger partial charge >= 0.3 is 0 Å². The highest BCUT2D eigenvalue weighted by molar-refractivity contribution is 5.94. The van der Waals surface area contributed by atoms with E-state index in [9.17, 15) is 4.79 Å². The first-order valence-corrected chi connectivity index (χ1v) is 8.90. The molecule has 140 valence electrons. The van der Waals surface area contributed by atoms with Gasteiger partial charge in [0.2, 0.25) is 0 Å². The maximum absolute atomic E-state index is 12.6. The Balaban J connectivity index is 1.76. The summed E-state index contributed by atoms with van der Waals surface area (Å²) in [4.78, 5) is 12.6. The quantitative estimate of drug-likeness (QED) is 0.725. The Hall–Kier alpha value is -3.15. The van der Waals surface area contributed by atoms with Crippen molar-refractivity contribution < 1.29 is 9.53 Å². The standard InChI is InChI=1S/C21H24N4O2/c1-14(2)19-10-17(15(3)8-20(19)27-4)11-22-21(26)16-6-5-7-18(9-16)25-12-23-24-13-25/h5-10,12-14H,11H2,1-4H3,(H,22,26). The van der Waals surface area contributed by atoms with E-state index in [2.05, 4.69) is 35.4 Å². The average molecular weight is 364 g/mol. The third-order valence-electron chi connectivity index (χ3n) is 4.57. The molecule has 1 N–H and O–H groups in total. The van der Waals surface area contributed by atoms with Crippen molar-refractivity contribution in [2.75, 3.05) is 7.11 Å². The minimum absolute atomic E-state index is 0.119. The van der Waals surface area contributed by atoms with Crippen molar-refractivity contribution in [1.82, 2.24) is 20.1 Å². The van der Waals surface area contributed by atoms with Crippen LogP contribution in [0.4, 0.5) is 0 Å². The molecule has 3 rings (SSSR count). The minimum Gasteiger partial charge on any atom is -0.496 e. The predicted molar refractivity (Wildman–Crippen MR) is 104 cm³/mol. The molecular formula is C21H24N4O2. The molecule has 0 aliphatic carbocycles. The summed E-state index contributed by atoms with van der Waals surface area (Å²) in [5.41, 5.74) is 4.76. The maximum Gasteiger partial charge on any atom is 0.251 e. The van der Waals surface area contributed by atoms with Gasteiger partial charge in [0.1, 0.15) is 18.4 Å². The highest BCUT2D eigenvalue weighted by Gasteiger charge is 2.13. The average Bonchev–Trinajstić information content (AvgIpc) is 3.21. The number of benzene rings is 2. The zero-order chi connectivity index (χ0) is 19.4. The minimum atomic E-state index is -0.119. The number of ether oxygens (including phenoxy) is 1. The predicted octanol–water partition coefficient (Wildman–Crippen LogP) is 3.64. The summed E-state index contributed by atoms with van der Waals surface area (Å²) in [6.45, 7) is 6.75. The summed E-state index contributed by atoms with van der Waals surface area (Å²) in [6.07, 6.45) is 3.20. The van der Waals surface area contributed by atoms with Crippen molar-refractivity contribution in [2.24, 2.45) is 0 Å². The smallest absolute Gasteiger partial charge is 0.251 e. The number of nitrogens with zero attached hydrogens (tertiary/aromatic N) is 3. The molecule has 0 aliphatic heterocycles. The van der Waals surface area contributed by atoms with Crippen LogP contribution in [0.2, 0.25) is 0 Å². The van der Waals surface area contributed by atoms with Gasteiger partial charge in [-0.05, 0) is 59.9 Å². The summed E-state index contributed by atoms with van der Waals surface area (Å²) in [5, 5.41) is 10.6. The zero-order valence-electron chi connectivity index (χ0n) is 16.1. The molecule has 0 spiro atoms. The van der Waals surface area contributed by atoms with Gasteiger partial charge in [-0.25, -0.2) is 0 Å². The van der Waals surface area contributed by atoms with Crippen LogP contribution in [0.1, 0.15) is 46.8 Å². The van der Waals surface area contributed by atoms with E-state index < -0.39 is 0 Å². The summed E-state index contributed by atoms with van der Waals surface area (Å²) in [7, 11) is 1.69. The van der Waals surface area contributed by atoms with Crippen LogP contribution in [-0.2, 0) is 6.54 Å². The molecule has 3 aromatic rings. The molecule has 1 heterocycles. The largest absolute Gasteiger partial charge is 0.496 e. The Morgan fingerprint density at radius 3 is 2.59 bits per heavy atom. The number of methoxy groups -OCH3 is 1. The van der Waals surface area contributed by atoms with Gasteiger partial charge in [-0.3, -0.25) is 9.36 Å². The van der Waals surface area contributed by atoms with E-state index in [0.717, 1.165) is 28.1 Å². The highest BCUT2D eigenvalue weighted by Crippen LogP contribution is 2.29. The van der Waals surface area contributed by atoms with Crippen LogP contribution in [-0.4, -0.2) is 27.8 Å². The topological polar surface area (TPSA) is 69.0 Å². The lowest BCUT2D eigenvalue weighted by Gasteiger charge is -2.16. The van der Waals surface area contributed by atoms with Crippen molar-refractivity contribution in [3.8, 4) is 11.4 Å². The van der Waals surface area contributed by atoms with Crippen LogP contribution in [0.3, 0.4) is 0 Å². The van der Waals surface area contributed by atoms with Gasteiger partial charge in [0.15, 0.2) is 0 Å². The van der Waals surface area contributed by atoms with E-state index in [-0.39, 0.29) is 5.91 Å². The molecule has 1 aromatic heterocycles. The van der Waals surface area contributed by atoms with E-state index in [0.29, 0.717) is 18.0 Å². The highest BCUT2D eigenvalue weighted by atomic mass is 16.5. The monoisotopic (exact) mass is 364 g/mol. The second kappa shape index (κ2) is 8.03. The molecule has 0 aliphatic rings. The Morgan fingerprint density at radius 1 is 1.19 bits per heavy atom. The fourth-order valence-corrected chi connectivity index (χ4v) is 2.98. The summed E-state index contributed by atoms with van der Waals surface area (Å²) in [6, 6.07) is 11.5. The third-order valence-corrected chi connectivity index (χ3v) is 4.57. The molecular weight excluding hydrogens is 340 g/mol. The number of aryl methyl sites for hydroxylation is 1. The molecule has 6 heteroatoms. The lowest BCUT2D eigenvalue weighted by atomic mass is 9.96. The molecule has 6 nitrogen and oxygen atoms in total. The first kappa shape index (κ1) is 18.6. The molecule has 2 aromatic carbocycles. The second-order valence-corrected chi connectivity index (χ2v) is 6.78. The molecule has 27 heavy (non-hydrogen) atoms. The van der Waals surface area contributed by atoms with Crippen LogP contribution in [0.15, 0.2) is 49.1 Å². The Bertz CT molecular complexity index is 933. The van der Waals surface area contributed by atoms with E-state index in [1.54, 1.807) is 30.4 Å². The van der Waals surface area contributed by atoms with E-state index in [1.807, 2.05) is 31.2 Å². The van der Waals surface area contributed by atoms with Gasteiger partial charge in [0.05, 0.1) is 7.11 Å². The number of aromatic nitrogens is 3. The zero-order valence-corrected chi connectivity index (χ0v) is 16.1. The Labute approximate surface area is 159 Å². The van der Waals surface area contributed by atoms with Crippen molar-refractivity contribution >= 4 is 5.91 Å². The fraction of sp³-hybridized carbons (Fsp3) is 0.286. The normalized spacial score (nSPS) is 10.9. The number of rotatable bonds is 6. The molecule has 0 unspecified atom stereocenters. The van der Waals surface area contributed by atoms with Crippen molar-refractivity contribution in [3.05, 3.63) is 71.3 Å². The van der Waals surface area contributed by atoms with Crippen LogP contribution in [0.25, 0.3) is 5.69 Å². The molecule has 0 saturated heterocycles. The van der Waals surface area contributed by atoms with Crippen LogP contribution in [0, 0.1) is 6.92 Å². The molecule has 0 bridgehead atoms. The molecule has 1 amide bonds. The summed E-state index contributed by atoms with van der Waals surface area (Å²) in [5.74, 6) is 1.11. The molecule has 0 fully saturated rings. The number of hydrogen-bond acceptors (Lipinski definition) is 4. The second-order valence-electron chi connectivity index (χ2n) is 6.78. The van der Waals surface area contributed by atoms with Crippen molar-refractivity contribution in [1.29, 1.82) is 0 Å². The van der Waals surface area contributed by atoms with E-state index >= 15 is 0 Å². The molecule has 0 radical (unpaired) electrons. The van der Waals surface area contributed by atoms with E-state index in [1.165, 1.54) is 0 Å². The number of carbonyl (C=O) groups is 1. The fourth-order valence-electron chi connectivity index (χ4n) is 2.98. The molecule has 0 atom stereocenters. The first-order valence-electron chi connectivity index (χ1n) is 8.90. The van der Waals surface area contributed by atoms with Gasteiger partial charge in [0.25, 0.3) is 5.91 Å². The lowest BCUT2D eigenvalue weighted by Crippen LogP contribution is -2.23. The van der Waals surface area contributed by atoms with Gasteiger partial charge in [-0.1, -0.05) is 19.9 Å². The lowest BCUT2D eigenvalue weighted by molar-refractivity contribution is 0.0951. The first-order chi connectivity index (χ1) is 13.0. The summed E-state index contributed by atoms with van der Waals surface area (Å²) >= 11 is 0.